The third-order valence-electron chi connectivity index (χ3n) is 3.45. The zero-order chi connectivity index (χ0) is 13.4. The molecule has 0 unspecified atom stereocenters. The summed E-state index contributed by atoms with van der Waals surface area (Å²) in [5.41, 5.74) is 3.19. The Morgan fingerprint density at radius 3 is 2.95 bits per heavy atom. The molecule has 19 heavy (non-hydrogen) atoms. The van der Waals surface area contributed by atoms with E-state index in [4.69, 9.17) is 0 Å². The minimum atomic E-state index is -0.294. The number of anilines is 1. The van der Waals surface area contributed by atoms with Gasteiger partial charge in [0.15, 0.2) is 0 Å². The van der Waals surface area contributed by atoms with E-state index < -0.39 is 0 Å². The topological polar surface area (TPSA) is 33.2 Å². The highest BCUT2D eigenvalue weighted by Crippen LogP contribution is 2.26. The van der Waals surface area contributed by atoms with Gasteiger partial charge in [0.1, 0.15) is 5.82 Å². The molecule has 1 amide bonds. The van der Waals surface area contributed by atoms with Gasteiger partial charge in [-0.15, -0.1) is 0 Å². The average Bonchev–Trinajstić information content (AvgIpc) is 2.40. The summed E-state index contributed by atoms with van der Waals surface area (Å²) in [5.74, 6) is -0.380. The molecular formula is C15H13FN2O. The second kappa shape index (κ2) is 4.46. The van der Waals surface area contributed by atoms with Gasteiger partial charge in [0.25, 0.3) is 5.91 Å². The van der Waals surface area contributed by atoms with Gasteiger partial charge in [0.05, 0.1) is 11.9 Å². The summed E-state index contributed by atoms with van der Waals surface area (Å²) in [6, 6.07) is 6.21. The van der Waals surface area contributed by atoms with Crippen molar-refractivity contribution < 1.29 is 9.18 Å². The van der Waals surface area contributed by atoms with Gasteiger partial charge < -0.3 is 4.90 Å². The van der Waals surface area contributed by atoms with Crippen LogP contribution in [0.25, 0.3) is 0 Å². The van der Waals surface area contributed by atoms with Gasteiger partial charge in [-0.25, -0.2) is 4.39 Å². The van der Waals surface area contributed by atoms with Crippen LogP contribution in [-0.2, 0) is 6.42 Å². The summed E-state index contributed by atoms with van der Waals surface area (Å²) in [7, 11) is 0. The van der Waals surface area contributed by atoms with Crippen molar-refractivity contribution in [3.8, 4) is 0 Å². The number of halogens is 1. The SMILES string of the molecule is Cc1ccncc1N1CCc2cc(F)ccc2C1=O. The zero-order valence-electron chi connectivity index (χ0n) is 10.6. The second-order valence-corrected chi connectivity index (χ2v) is 4.67. The van der Waals surface area contributed by atoms with Crippen molar-refractivity contribution in [2.75, 3.05) is 11.4 Å². The van der Waals surface area contributed by atoms with Crippen molar-refractivity contribution in [3.05, 3.63) is 59.2 Å². The highest BCUT2D eigenvalue weighted by Gasteiger charge is 2.26. The van der Waals surface area contributed by atoms with Crippen LogP contribution < -0.4 is 4.90 Å². The van der Waals surface area contributed by atoms with E-state index in [1.807, 2.05) is 13.0 Å². The van der Waals surface area contributed by atoms with Crippen molar-refractivity contribution in [1.29, 1.82) is 0 Å². The molecule has 1 aliphatic heterocycles. The maximum atomic E-state index is 13.2. The molecule has 1 aromatic heterocycles. The number of aromatic nitrogens is 1. The highest BCUT2D eigenvalue weighted by molar-refractivity contribution is 6.08. The number of pyridine rings is 1. The Bertz CT molecular complexity index is 654. The van der Waals surface area contributed by atoms with E-state index in [-0.39, 0.29) is 11.7 Å². The number of nitrogens with zero attached hydrogens (tertiary/aromatic N) is 2. The van der Waals surface area contributed by atoms with E-state index in [9.17, 15) is 9.18 Å². The first-order valence-electron chi connectivity index (χ1n) is 6.18. The lowest BCUT2D eigenvalue weighted by molar-refractivity contribution is 0.0980. The van der Waals surface area contributed by atoms with E-state index in [1.54, 1.807) is 23.4 Å². The Morgan fingerprint density at radius 1 is 1.32 bits per heavy atom. The maximum absolute atomic E-state index is 13.2. The molecule has 4 heteroatoms. The molecule has 1 aliphatic rings. The van der Waals surface area contributed by atoms with Crippen LogP contribution in [0.4, 0.5) is 10.1 Å². The summed E-state index contributed by atoms with van der Waals surface area (Å²) >= 11 is 0. The fraction of sp³-hybridized carbons (Fsp3) is 0.200. The molecule has 0 radical (unpaired) electrons. The van der Waals surface area contributed by atoms with E-state index in [2.05, 4.69) is 4.98 Å². The number of aryl methyl sites for hydroxylation is 1. The molecule has 3 rings (SSSR count). The Kier molecular flexibility index (Phi) is 2.78. The monoisotopic (exact) mass is 256 g/mol. The maximum Gasteiger partial charge on any atom is 0.258 e. The summed E-state index contributed by atoms with van der Waals surface area (Å²) < 4.78 is 13.2. The Labute approximate surface area is 110 Å². The van der Waals surface area contributed by atoms with Crippen LogP contribution in [0.1, 0.15) is 21.5 Å². The summed E-state index contributed by atoms with van der Waals surface area (Å²) in [6.07, 6.45) is 4.06. The van der Waals surface area contributed by atoms with Crippen LogP contribution in [-0.4, -0.2) is 17.4 Å². The van der Waals surface area contributed by atoms with Crippen molar-refractivity contribution in [2.24, 2.45) is 0 Å². The number of rotatable bonds is 1. The number of carbonyl (C=O) groups excluding carboxylic acids is 1. The number of amides is 1. The normalized spacial score (nSPS) is 14.4. The Hall–Kier alpha value is -2.23. The van der Waals surface area contributed by atoms with Crippen molar-refractivity contribution >= 4 is 11.6 Å². The summed E-state index contributed by atoms with van der Waals surface area (Å²) in [4.78, 5) is 18.2. The van der Waals surface area contributed by atoms with Gasteiger partial charge in [-0.05, 0) is 48.7 Å². The fourth-order valence-electron chi connectivity index (χ4n) is 2.43. The van der Waals surface area contributed by atoms with Crippen molar-refractivity contribution in [3.63, 3.8) is 0 Å². The minimum absolute atomic E-state index is 0.0858. The number of benzene rings is 1. The quantitative estimate of drug-likeness (QED) is 0.786. The molecule has 0 N–H and O–H groups in total. The van der Waals surface area contributed by atoms with Crippen LogP contribution in [0.3, 0.4) is 0 Å². The van der Waals surface area contributed by atoms with Gasteiger partial charge in [0.2, 0.25) is 0 Å². The molecule has 96 valence electrons. The molecule has 0 aliphatic carbocycles. The predicted octanol–water partition coefficient (Wildman–Crippen LogP) is 2.73. The molecule has 0 atom stereocenters. The number of hydrogen-bond donors (Lipinski definition) is 0. The molecule has 0 fully saturated rings. The van der Waals surface area contributed by atoms with E-state index in [0.717, 1.165) is 16.8 Å². The fourth-order valence-corrected chi connectivity index (χ4v) is 2.43. The molecule has 2 heterocycles. The van der Waals surface area contributed by atoms with Crippen molar-refractivity contribution in [2.45, 2.75) is 13.3 Å². The first kappa shape index (κ1) is 11.8. The molecule has 0 spiro atoms. The largest absolute Gasteiger partial charge is 0.306 e. The van der Waals surface area contributed by atoms with E-state index in [0.29, 0.717) is 18.5 Å². The number of fused-ring (bicyclic) bond motifs is 1. The van der Waals surface area contributed by atoms with Crippen LogP contribution in [0, 0.1) is 12.7 Å². The van der Waals surface area contributed by atoms with Crippen LogP contribution in [0.5, 0.6) is 0 Å². The lowest BCUT2D eigenvalue weighted by Gasteiger charge is -2.29. The summed E-state index contributed by atoms with van der Waals surface area (Å²) in [6.45, 7) is 2.51. The number of hydrogen-bond acceptors (Lipinski definition) is 2. The predicted molar refractivity (Wildman–Crippen MR) is 70.8 cm³/mol. The first-order chi connectivity index (χ1) is 9.16. The molecule has 0 saturated heterocycles. The third kappa shape index (κ3) is 1.99. The number of carbonyl (C=O) groups is 1. The first-order valence-corrected chi connectivity index (χ1v) is 6.18. The Morgan fingerprint density at radius 2 is 2.16 bits per heavy atom. The third-order valence-corrected chi connectivity index (χ3v) is 3.45. The molecule has 1 aromatic carbocycles. The van der Waals surface area contributed by atoms with Gasteiger partial charge in [0, 0.05) is 18.3 Å². The Balaban J connectivity index is 2.03. The minimum Gasteiger partial charge on any atom is -0.306 e. The van der Waals surface area contributed by atoms with Gasteiger partial charge in [-0.1, -0.05) is 0 Å². The van der Waals surface area contributed by atoms with Gasteiger partial charge in [-0.3, -0.25) is 9.78 Å². The van der Waals surface area contributed by atoms with Gasteiger partial charge >= 0.3 is 0 Å². The van der Waals surface area contributed by atoms with Crippen molar-refractivity contribution in [1.82, 2.24) is 4.98 Å². The van der Waals surface area contributed by atoms with E-state index >= 15 is 0 Å². The zero-order valence-corrected chi connectivity index (χ0v) is 10.6. The standard InChI is InChI=1S/C15H13FN2O/c1-10-4-6-17-9-14(10)18-7-5-11-8-12(16)2-3-13(11)15(18)19/h2-4,6,8-9H,5,7H2,1H3. The lowest BCUT2D eigenvalue weighted by atomic mass is 9.98. The van der Waals surface area contributed by atoms with Crippen LogP contribution in [0.2, 0.25) is 0 Å². The molecule has 0 saturated carbocycles. The van der Waals surface area contributed by atoms with Crippen LogP contribution >= 0.6 is 0 Å². The second-order valence-electron chi connectivity index (χ2n) is 4.67. The molecule has 2 aromatic rings. The summed E-state index contributed by atoms with van der Waals surface area (Å²) in [5, 5.41) is 0. The molecule has 0 bridgehead atoms. The molecular weight excluding hydrogens is 243 g/mol. The highest BCUT2D eigenvalue weighted by atomic mass is 19.1. The van der Waals surface area contributed by atoms with E-state index in [1.165, 1.54) is 12.1 Å². The lowest BCUT2D eigenvalue weighted by Crippen LogP contribution is -2.38. The van der Waals surface area contributed by atoms with Gasteiger partial charge in [-0.2, -0.15) is 0 Å². The smallest absolute Gasteiger partial charge is 0.258 e. The van der Waals surface area contributed by atoms with Crippen LogP contribution in [0.15, 0.2) is 36.7 Å². The molecule has 3 nitrogen and oxygen atoms in total. The average molecular weight is 256 g/mol.